The van der Waals surface area contributed by atoms with Crippen LogP contribution in [0.1, 0.15) is 23.0 Å². The molecule has 3 N–H and O–H groups in total. The van der Waals surface area contributed by atoms with Crippen LogP contribution in [0.3, 0.4) is 0 Å². The summed E-state index contributed by atoms with van der Waals surface area (Å²) in [5, 5.41) is 26.5. The molecule has 2 heterocycles. The molecule has 124 valence electrons. The lowest BCUT2D eigenvalue weighted by molar-refractivity contribution is 0.0491. The molecule has 0 unspecified atom stereocenters. The first-order valence-corrected chi connectivity index (χ1v) is 7.35. The minimum absolute atomic E-state index is 0.0302. The summed E-state index contributed by atoms with van der Waals surface area (Å²) >= 11 is 0. The van der Waals surface area contributed by atoms with Crippen LogP contribution < -0.4 is 0 Å². The molecule has 0 aliphatic rings. The van der Waals surface area contributed by atoms with E-state index in [0.717, 1.165) is 0 Å². The second kappa shape index (κ2) is 6.11. The fourth-order valence-corrected chi connectivity index (χ4v) is 2.53. The van der Waals surface area contributed by atoms with Crippen LogP contribution >= 0.6 is 0 Å². The molecule has 0 atom stereocenters. The minimum atomic E-state index is -0.544. The summed E-state index contributed by atoms with van der Waals surface area (Å²) in [7, 11) is 0. The van der Waals surface area contributed by atoms with E-state index in [1.165, 1.54) is 24.4 Å². The van der Waals surface area contributed by atoms with Crippen molar-refractivity contribution in [1.82, 2.24) is 10.2 Å². The molecule has 7 nitrogen and oxygen atoms in total. The Bertz CT molecular complexity index is 871. The zero-order valence-electron chi connectivity index (χ0n) is 13.2. The summed E-state index contributed by atoms with van der Waals surface area (Å²) in [5.74, 6) is -0.163. The average molecular weight is 328 g/mol. The summed E-state index contributed by atoms with van der Waals surface area (Å²) in [6.45, 7) is 3.73. The SMILES string of the molecule is CCOC(=O)c1ccc(-c2cn[nH]c2-c2c(C)cc(O)cc2O)o1. The number of phenolic OH excluding ortho intramolecular Hbond substituents is 2. The maximum atomic E-state index is 11.7. The van der Waals surface area contributed by atoms with Crippen molar-refractivity contribution < 1.29 is 24.2 Å². The van der Waals surface area contributed by atoms with Gasteiger partial charge in [0.15, 0.2) is 0 Å². The zero-order chi connectivity index (χ0) is 17.3. The quantitative estimate of drug-likeness (QED) is 0.634. The van der Waals surface area contributed by atoms with Gasteiger partial charge in [-0.1, -0.05) is 0 Å². The highest BCUT2D eigenvalue weighted by Crippen LogP contribution is 2.39. The number of carbonyl (C=O) groups excluding carboxylic acids is 1. The number of esters is 1. The number of furan rings is 1. The fourth-order valence-electron chi connectivity index (χ4n) is 2.53. The van der Waals surface area contributed by atoms with Crippen molar-refractivity contribution in [3.05, 3.63) is 41.8 Å². The molecule has 0 amide bonds. The molecular formula is C17H16N2O5. The molecule has 3 rings (SSSR count). The second-order valence-corrected chi connectivity index (χ2v) is 5.20. The second-order valence-electron chi connectivity index (χ2n) is 5.20. The number of nitrogens with zero attached hydrogens (tertiary/aromatic N) is 1. The van der Waals surface area contributed by atoms with E-state index in [9.17, 15) is 15.0 Å². The fraction of sp³-hybridized carbons (Fsp3) is 0.176. The zero-order valence-corrected chi connectivity index (χ0v) is 13.2. The summed E-state index contributed by atoms with van der Waals surface area (Å²) in [6.07, 6.45) is 1.54. The van der Waals surface area contributed by atoms with Crippen molar-refractivity contribution in [2.45, 2.75) is 13.8 Å². The largest absolute Gasteiger partial charge is 0.508 e. The lowest BCUT2D eigenvalue weighted by Gasteiger charge is -2.09. The van der Waals surface area contributed by atoms with E-state index in [1.807, 2.05) is 0 Å². The Labute approximate surface area is 137 Å². The monoisotopic (exact) mass is 328 g/mol. The van der Waals surface area contributed by atoms with E-state index >= 15 is 0 Å². The van der Waals surface area contributed by atoms with Crippen molar-refractivity contribution in [2.24, 2.45) is 0 Å². The first kappa shape index (κ1) is 15.7. The molecule has 0 radical (unpaired) electrons. The number of ether oxygens (including phenoxy) is 1. The van der Waals surface area contributed by atoms with Gasteiger partial charge in [-0.2, -0.15) is 5.10 Å². The highest BCUT2D eigenvalue weighted by molar-refractivity contribution is 5.88. The summed E-state index contributed by atoms with van der Waals surface area (Å²) in [6, 6.07) is 5.94. The van der Waals surface area contributed by atoms with Gasteiger partial charge < -0.3 is 19.4 Å². The van der Waals surface area contributed by atoms with Crippen LogP contribution in [0.4, 0.5) is 0 Å². The number of aryl methyl sites for hydroxylation is 1. The van der Waals surface area contributed by atoms with Crippen molar-refractivity contribution in [1.29, 1.82) is 0 Å². The number of aromatic amines is 1. The van der Waals surface area contributed by atoms with Crippen LogP contribution in [0.15, 0.2) is 34.9 Å². The molecule has 1 aromatic carbocycles. The maximum Gasteiger partial charge on any atom is 0.374 e. The third-order valence-electron chi connectivity index (χ3n) is 3.54. The Balaban J connectivity index is 2.05. The van der Waals surface area contributed by atoms with Gasteiger partial charge in [0, 0.05) is 11.6 Å². The lowest BCUT2D eigenvalue weighted by Crippen LogP contribution is -2.02. The van der Waals surface area contributed by atoms with Crippen LogP contribution in [0.2, 0.25) is 0 Å². The summed E-state index contributed by atoms with van der Waals surface area (Å²) < 4.78 is 10.4. The van der Waals surface area contributed by atoms with Crippen LogP contribution in [-0.4, -0.2) is 33.0 Å². The van der Waals surface area contributed by atoms with Gasteiger partial charge in [0.25, 0.3) is 0 Å². The normalized spacial score (nSPS) is 10.8. The van der Waals surface area contributed by atoms with Gasteiger partial charge in [-0.15, -0.1) is 0 Å². The molecule has 0 aliphatic carbocycles. The van der Waals surface area contributed by atoms with Gasteiger partial charge in [-0.25, -0.2) is 4.79 Å². The topological polar surface area (TPSA) is 109 Å². The van der Waals surface area contributed by atoms with Crippen LogP contribution in [-0.2, 0) is 4.74 Å². The number of carbonyl (C=O) groups is 1. The van der Waals surface area contributed by atoms with Crippen LogP contribution in [0.25, 0.3) is 22.6 Å². The summed E-state index contributed by atoms with van der Waals surface area (Å²) in [4.78, 5) is 11.7. The predicted molar refractivity (Wildman–Crippen MR) is 85.7 cm³/mol. The number of hydrogen-bond donors (Lipinski definition) is 3. The van der Waals surface area contributed by atoms with E-state index in [0.29, 0.717) is 28.1 Å². The third kappa shape index (κ3) is 2.71. The number of aromatic hydroxyl groups is 2. The third-order valence-corrected chi connectivity index (χ3v) is 3.54. The number of phenols is 2. The standard InChI is InChI=1S/C17H16N2O5/c1-3-23-17(22)14-5-4-13(24-14)11-8-18-19-16(11)15-9(2)6-10(20)7-12(15)21/h4-8,20-21H,3H2,1-2H3,(H,18,19). The molecule has 24 heavy (non-hydrogen) atoms. The highest BCUT2D eigenvalue weighted by atomic mass is 16.5. The molecule has 0 fully saturated rings. The van der Waals surface area contributed by atoms with Crippen molar-refractivity contribution >= 4 is 5.97 Å². The smallest absolute Gasteiger partial charge is 0.374 e. The van der Waals surface area contributed by atoms with Crippen LogP contribution in [0.5, 0.6) is 11.5 Å². The van der Waals surface area contributed by atoms with Crippen molar-refractivity contribution in [3.8, 4) is 34.1 Å². The number of aromatic nitrogens is 2. The molecule has 2 aromatic heterocycles. The number of rotatable bonds is 4. The van der Waals surface area contributed by atoms with E-state index in [-0.39, 0.29) is 23.9 Å². The predicted octanol–water partition coefficient (Wildman–Crippen LogP) is 3.23. The maximum absolute atomic E-state index is 11.7. The molecule has 3 aromatic rings. The molecule has 0 bridgehead atoms. The number of H-pyrrole nitrogens is 1. The number of benzene rings is 1. The molecule has 0 spiro atoms. The van der Waals surface area contributed by atoms with Gasteiger partial charge in [-0.05, 0) is 37.6 Å². The molecular weight excluding hydrogens is 312 g/mol. The van der Waals surface area contributed by atoms with Gasteiger partial charge in [0.2, 0.25) is 5.76 Å². The first-order valence-electron chi connectivity index (χ1n) is 7.35. The van der Waals surface area contributed by atoms with Gasteiger partial charge >= 0.3 is 5.97 Å². The van der Waals surface area contributed by atoms with Crippen molar-refractivity contribution in [3.63, 3.8) is 0 Å². The number of hydrogen-bond acceptors (Lipinski definition) is 6. The van der Waals surface area contributed by atoms with E-state index in [1.54, 1.807) is 19.9 Å². The van der Waals surface area contributed by atoms with Crippen LogP contribution in [0, 0.1) is 6.92 Å². The Morgan fingerprint density at radius 1 is 1.33 bits per heavy atom. The minimum Gasteiger partial charge on any atom is -0.508 e. The van der Waals surface area contributed by atoms with Crippen molar-refractivity contribution in [2.75, 3.05) is 6.61 Å². The van der Waals surface area contributed by atoms with Gasteiger partial charge in [0.1, 0.15) is 17.3 Å². The molecule has 7 heteroatoms. The highest BCUT2D eigenvalue weighted by Gasteiger charge is 2.20. The molecule has 0 saturated carbocycles. The molecule has 0 saturated heterocycles. The summed E-state index contributed by atoms with van der Waals surface area (Å²) in [5.41, 5.74) is 2.26. The Morgan fingerprint density at radius 3 is 2.83 bits per heavy atom. The van der Waals surface area contributed by atoms with E-state index in [2.05, 4.69) is 10.2 Å². The Kier molecular flexibility index (Phi) is 3.99. The van der Waals surface area contributed by atoms with Gasteiger partial charge in [0.05, 0.1) is 24.1 Å². The van der Waals surface area contributed by atoms with E-state index in [4.69, 9.17) is 9.15 Å². The Hall–Kier alpha value is -3.22. The van der Waals surface area contributed by atoms with E-state index < -0.39 is 5.97 Å². The first-order chi connectivity index (χ1) is 11.5. The number of nitrogens with one attached hydrogen (secondary N) is 1. The van der Waals surface area contributed by atoms with Gasteiger partial charge in [-0.3, -0.25) is 5.10 Å². The average Bonchev–Trinajstić information content (AvgIpc) is 3.14. The molecule has 0 aliphatic heterocycles. The lowest BCUT2D eigenvalue weighted by atomic mass is 10.0. The Morgan fingerprint density at radius 2 is 2.12 bits per heavy atom.